The maximum absolute atomic E-state index is 13.4. The van der Waals surface area contributed by atoms with Crippen LogP contribution in [0.5, 0.6) is 0 Å². The average Bonchev–Trinajstić information content (AvgIpc) is 2.98. The Morgan fingerprint density at radius 3 is 2.37 bits per heavy atom. The van der Waals surface area contributed by atoms with Gasteiger partial charge in [0.2, 0.25) is 5.91 Å². The van der Waals surface area contributed by atoms with Crippen LogP contribution in [0.3, 0.4) is 0 Å². The Kier molecular flexibility index (Phi) is 5.16. The Morgan fingerprint density at radius 2 is 1.70 bits per heavy atom. The molecule has 2 heterocycles. The van der Waals surface area contributed by atoms with E-state index in [-0.39, 0.29) is 23.8 Å². The highest BCUT2D eigenvalue weighted by atomic mass is 16.2. The molecule has 0 radical (unpaired) electrons. The van der Waals surface area contributed by atoms with E-state index in [2.05, 4.69) is 11.4 Å². The molecule has 154 valence electrons. The van der Waals surface area contributed by atoms with Gasteiger partial charge in [0.15, 0.2) is 0 Å². The normalized spacial score (nSPS) is 16.4. The van der Waals surface area contributed by atoms with Crippen LogP contribution in [-0.4, -0.2) is 35.2 Å². The molecule has 0 saturated carbocycles. The van der Waals surface area contributed by atoms with Crippen LogP contribution < -0.4 is 10.2 Å². The van der Waals surface area contributed by atoms with Crippen molar-refractivity contribution in [2.45, 2.75) is 39.7 Å². The van der Waals surface area contributed by atoms with Crippen LogP contribution in [0.1, 0.15) is 38.3 Å². The van der Waals surface area contributed by atoms with Gasteiger partial charge < -0.3 is 10.2 Å². The van der Waals surface area contributed by atoms with Crippen molar-refractivity contribution in [3.8, 4) is 0 Å². The second-order valence-corrected chi connectivity index (χ2v) is 7.94. The third kappa shape index (κ3) is 3.38. The number of benzene rings is 2. The molecule has 0 aliphatic carbocycles. The molecular weight excluding hydrogens is 378 g/mol. The molecule has 0 fully saturated rings. The minimum atomic E-state index is -0.277. The molecule has 0 atom stereocenters. The number of anilines is 2. The molecular formula is C24H25N3O3. The summed E-state index contributed by atoms with van der Waals surface area (Å²) in [6.07, 6.45) is 1.87. The molecule has 0 spiro atoms. The molecule has 6 nitrogen and oxygen atoms in total. The maximum Gasteiger partial charge on any atom is 0.278 e. The number of amides is 3. The first-order valence-electron chi connectivity index (χ1n) is 10.2. The SMILES string of the molecule is CC(=O)Nc1ccc(C2=C(N3CCCc4ccccc43)C(=O)N(C(C)C)C2=O)cc1. The molecule has 0 saturated heterocycles. The fraction of sp³-hybridized carbons (Fsp3) is 0.292. The number of aryl methyl sites for hydroxylation is 1. The summed E-state index contributed by atoms with van der Waals surface area (Å²) in [6.45, 7) is 5.83. The molecule has 6 heteroatoms. The molecule has 0 bridgehead atoms. The first kappa shape index (κ1) is 19.9. The van der Waals surface area contributed by atoms with Crippen LogP contribution in [-0.2, 0) is 20.8 Å². The van der Waals surface area contributed by atoms with Crippen molar-refractivity contribution in [3.63, 3.8) is 0 Å². The summed E-state index contributed by atoms with van der Waals surface area (Å²) in [5, 5.41) is 2.73. The number of carbonyl (C=O) groups excluding carboxylic acids is 3. The Balaban J connectivity index is 1.85. The van der Waals surface area contributed by atoms with Gasteiger partial charge in [0, 0.05) is 30.9 Å². The molecule has 30 heavy (non-hydrogen) atoms. The van der Waals surface area contributed by atoms with Crippen LogP contribution in [0.4, 0.5) is 11.4 Å². The van der Waals surface area contributed by atoms with Crippen molar-refractivity contribution in [1.29, 1.82) is 0 Å². The third-order valence-electron chi connectivity index (χ3n) is 5.48. The standard InChI is InChI=1S/C24H25N3O3/c1-15(2)27-23(29)21(18-10-12-19(13-11-18)25-16(3)28)22(24(27)30)26-14-6-8-17-7-4-5-9-20(17)26/h4-5,7,9-13,15H,6,8,14H2,1-3H3,(H,25,28). The second-order valence-electron chi connectivity index (χ2n) is 7.94. The van der Waals surface area contributed by atoms with Crippen LogP contribution in [0.15, 0.2) is 54.2 Å². The lowest BCUT2D eigenvalue weighted by Crippen LogP contribution is -2.40. The fourth-order valence-corrected chi connectivity index (χ4v) is 4.20. The molecule has 1 N–H and O–H groups in total. The number of rotatable bonds is 4. The summed E-state index contributed by atoms with van der Waals surface area (Å²) in [6, 6.07) is 14.9. The number of imide groups is 1. The van der Waals surface area contributed by atoms with Gasteiger partial charge in [-0.1, -0.05) is 30.3 Å². The van der Waals surface area contributed by atoms with E-state index >= 15 is 0 Å². The van der Waals surface area contributed by atoms with Gasteiger partial charge in [-0.25, -0.2) is 0 Å². The first-order chi connectivity index (χ1) is 14.4. The number of fused-ring (bicyclic) bond motifs is 1. The number of nitrogens with zero attached hydrogens (tertiary/aromatic N) is 2. The predicted octanol–water partition coefficient (Wildman–Crippen LogP) is 3.59. The van der Waals surface area contributed by atoms with Crippen molar-refractivity contribution in [2.24, 2.45) is 0 Å². The lowest BCUT2D eigenvalue weighted by atomic mass is 9.98. The van der Waals surface area contributed by atoms with Crippen LogP contribution in [0.2, 0.25) is 0 Å². The van der Waals surface area contributed by atoms with E-state index in [0.29, 0.717) is 29.1 Å². The van der Waals surface area contributed by atoms with Crippen molar-refractivity contribution < 1.29 is 14.4 Å². The van der Waals surface area contributed by atoms with Crippen molar-refractivity contribution in [1.82, 2.24) is 4.90 Å². The molecule has 4 rings (SSSR count). The molecule has 3 amide bonds. The highest BCUT2D eigenvalue weighted by molar-refractivity contribution is 6.37. The number of para-hydroxylation sites is 1. The van der Waals surface area contributed by atoms with Gasteiger partial charge in [0.25, 0.3) is 11.8 Å². The van der Waals surface area contributed by atoms with Crippen LogP contribution >= 0.6 is 0 Å². The Bertz CT molecular complexity index is 1050. The van der Waals surface area contributed by atoms with Gasteiger partial charge in [-0.05, 0) is 56.0 Å². The number of nitrogens with one attached hydrogen (secondary N) is 1. The summed E-state index contributed by atoms with van der Waals surface area (Å²) < 4.78 is 0. The highest BCUT2D eigenvalue weighted by Crippen LogP contribution is 2.38. The predicted molar refractivity (Wildman–Crippen MR) is 117 cm³/mol. The van der Waals surface area contributed by atoms with E-state index in [1.54, 1.807) is 24.3 Å². The lowest BCUT2D eigenvalue weighted by Gasteiger charge is -2.32. The molecule has 2 aromatic carbocycles. The van der Waals surface area contributed by atoms with Gasteiger partial charge in [-0.2, -0.15) is 0 Å². The third-order valence-corrected chi connectivity index (χ3v) is 5.48. The van der Waals surface area contributed by atoms with Crippen LogP contribution in [0, 0.1) is 0 Å². The highest BCUT2D eigenvalue weighted by Gasteiger charge is 2.43. The van der Waals surface area contributed by atoms with E-state index in [9.17, 15) is 14.4 Å². The van der Waals surface area contributed by atoms with Crippen molar-refractivity contribution >= 4 is 34.7 Å². The second kappa shape index (κ2) is 7.78. The average molecular weight is 403 g/mol. The van der Waals surface area contributed by atoms with E-state index in [0.717, 1.165) is 18.5 Å². The fourth-order valence-electron chi connectivity index (χ4n) is 4.20. The topological polar surface area (TPSA) is 69.7 Å². The molecule has 0 aromatic heterocycles. The molecule has 2 aromatic rings. The number of carbonyl (C=O) groups is 3. The van der Waals surface area contributed by atoms with E-state index in [4.69, 9.17) is 0 Å². The minimum Gasteiger partial charge on any atom is -0.336 e. The zero-order valence-corrected chi connectivity index (χ0v) is 17.4. The Morgan fingerprint density at radius 1 is 1.00 bits per heavy atom. The Hall–Kier alpha value is -3.41. The summed E-state index contributed by atoms with van der Waals surface area (Å²) in [5.74, 6) is -0.696. The molecule has 0 unspecified atom stereocenters. The lowest BCUT2D eigenvalue weighted by molar-refractivity contribution is -0.138. The van der Waals surface area contributed by atoms with E-state index < -0.39 is 0 Å². The zero-order chi connectivity index (χ0) is 21.4. The van der Waals surface area contributed by atoms with Gasteiger partial charge in [0.05, 0.1) is 5.57 Å². The van der Waals surface area contributed by atoms with Crippen molar-refractivity contribution in [3.05, 3.63) is 65.4 Å². The minimum absolute atomic E-state index is 0.161. The van der Waals surface area contributed by atoms with Gasteiger partial charge in [-0.15, -0.1) is 0 Å². The summed E-state index contributed by atoms with van der Waals surface area (Å²) in [5.41, 5.74) is 4.34. The van der Waals surface area contributed by atoms with Crippen LogP contribution in [0.25, 0.3) is 5.57 Å². The van der Waals surface area contributed by atoms with Crippen molar-refractivity contribution in [2.75, 3.05) is 16.8 Å². The van der Waals surface area contributed by atoms with E-state index in [1.165, 1.54) is 17.4 Å². The quantitative estimate of drug-likeness (QED) is 0.792. The Labute approximate surface area is 176 Å². The smallest absolute Gasteiger partial charge is 0.278 e. The summed E-state index contributed by atoms with van der Waals surface area (Å²) in [7, 11) is 0. The summed E-state index contributed by atoms with van der Waals surface area (Å²) in [4.78, 5) is 41.4. The number of hydrogen-bond acceptors (Lipinski definition) is 4. The number of hydrogen-bond donors (Lipinski definition) is 1. The summed E-state index contributed by atoms with van der Waals surface area (Å²) >= 11 is 0. The monoisotopic (exact) mass is 403 g/mol. The van der Waals surface area contributed by atoms with E-state index in [1.807, 2.05) is 36.9 Å². The molecule has 2 aliphatic heterocycles. The van der Waals surface area contributed by atoms with Gasteiger partial charge in [0.1, 0.15) is 5.70 Å². The zero-order valence-electron chi connectivity index (χ0n) is 17.4. The largest absolute Gasteiger partial charge is 0.336 e. The first-order valence-corrected chi connectivity index (χ1v) is 10.2. The van der Waals surface area contributed by atoms with Gasteiger partial charge in [-0.3, -0.25) is 19.3 Å². The molecule has 2 aliphatic rings. The maximum atomic E-state index is 13.4. The van der Waals surface area contributed by atoms with Gasteiger partial charge >= 0.3 is 0 Å².